The highest BCUT2D eigenvalue weighted by Crippen LogP contribution is 2.27. The number of amides is 1. The van der Waals surface area contributed by atoms with E-state index in [4.69, 9.17) is 23.2 Å². The lowest BCUT2D eigenvalue weighted by Gasteiger charge is -2.28. The van der Waals surface area contributed by atoms with Crippen LogP contribution in [0.4, 0.5) is 5.69 Å². The molecule has 5 nitrogen and oxygen atoms in total. The second-order valence-electron chi connectivity index (χ2n) is 5.88. The normalized spacial score (nSPS) is 14.1. The Balaban J connectivity index is 1.90. The number of hydrogen-bond acceptors (Lipinski definition) is 3. The van der Waals surface area contributed by atoms with E-state index in [1.165, 1.54) is 25.1 Å². The van der Waals surface area contributed by atoms with Gasteiger partial charge in [0.1, 0.15) is 0 Å². The third-order valence-corrected chi connectivity index (χ3v) is 5.88. The number of halogens is 2. The number of benzene rings is 2. The molecule has 0 aliphatic carbocycles. The molecule has 1 aliphatic rings. The lowest BCUT2D eigenvalue weighted by molar-refractivity contribution is -0.129. The molecule has 0 saturated carbocycles. The van der Waals surface area contributed by atoms with E-state index in [-0.39, 0.29) is 10.8 Å². The van der Waals surface area contributed by atoms with Crippen LogP contribution in [-0.4, -0.2) is 25.8 Å². The molecular weight excluding hydrogens is 383 g/mol. The van der Waals surface area contributed by atoms with E-state index in [9.17, 15) is 13.2 Å². The smallest absolute Gasteiger partial charge is 0.261 e. The highest BCUT2D eigenvalue weighted by atomic mass is 35.5. The van der Waals surface area contributed by atoms with E-state index in [1.807, 2.05) is 0 Å². The molecular formula is C17H16Cl2N2O3S. The van der Waals surface area contributed by atoms with Crippen molar-refractivity contribution in [1.82, 2.24) is 4.90 Å². The standard InChI is InChI=1S/C17H16Cl2N2O3S/c1-11(22)21-5-4-12-2-3-17(6-13(12)10-21)25(23,24)20-16-8-14(18)7-15(19)9-16/h2-3,6-9,20H,4-5,10H2,1H3. The number of hydrogen-bond donors (Lipinski definition) is 1. The molecule has 25 heavy (non-hydrogen) atoms. The van der Waals surface area contributed by atoms with Gasteiger partial charge in [-0.25, -0.2) is 8.42 Å². The van der Waals surface area contributed by atoms with Crippen molar-refractivity contribution in [1.29, 1.82) is 0 Å². The Kier molecular flexibility index (Phi) is 4.95. The molecule has 132 valence electrons. The molecule has 0 fully saturated rings. The number of nitrogens with one attached hydrogen (secondary N) is 1. The average Bonchev–Trinajstić information content (AvgIpc) is 2.52. The van der Waals surface area contributed by atoms with Crippen molar-refractivity contribution in [3.05, 3.63) is 57.6 Å². The van der Waals surface area contributed by atoms with Gasteiger partial charge in [-0.2, -0.15) is 0 Å². The second-order valence-corrected chi connectivity index (χ2v) is 8.44. The van der Waals surface area contributed by atoms with Crippen LogP contribution in [0, 0.1) is 0 Å². The number of anilines is 1. The molecule has 1 heterocycles. The lowest BCUT2D eigenvalue weighted by Crippen LogP contribution is -2.34. The number of fused-ring (bicyclic) bond motifs is 1. The summed E-state index contributed by atoms with van der Waals surface area (Å²) in [4.78, 5) is 13.4. The summed E-state index contributed by atoms with van der Waals surface area (Å²) < 4.78 is 27.8. The molecule has 1 aliphatic heterocycles. The summed E-state index contributed by atoms with van der Waals surface area (Å²) in [6.07, 6.45) is 0.715. The van der Waals surface area contributed by atoms with Crippen LogP contribution in [0.25, 0.3) is 0 Å². The molecule has 0 saturated heterocycles. The second kappa shape index (κ2) is 6.86. The number of carbonyl (C=O) groups is 1. The Labute approximate surface area is 156 Å². The Morgan fingerprint density at radius 2 is 1.76 bits per heavy atom. The van der Waals surface area contributed by atoms with Crippen LogP contribution in [0.3, 0.4) is 0 Å². The monoisotopic (exact) mass is 398 g/mol. The fourth-order valence-electron chi connectivity index (χ4n) is 2.80. The largest absolute Gasteiger partial charge is 0.338 e. The van der Waals surface area contributed by atoms with E-state index >= 15 is 0 Å². The maximum atomic E-state index is 12.6. The Hall–Kier alpha value is -1.76. The fraction of sp³-hybridized carbons (Fsp3) is 0.235. The van der Waals surface area contributed by atoms with Crippen LogP contribution < -0.4 is 4.72 Å². The molecule has 2 aromatic carbocycles. The van der Waals surface area contributed by atoms with Gasteiger partial charge in [0.05, 0.1) is 10.6 Å². The topological polar surface area (TPSA) is 66.5 Å². The van der Waals surface area contributed by atoms with Crippen LogP contribution in [0.2, 0.25) is 10.0 Å². The van der Waals surface area contributed by atoms with E-state index in [2.05, 4.69) is 4.72 Å². The summed E-state index contributed by atoms with van der Waals surface area (Å²) in [5.74, 6) is -0.0226. The van der Waals surface area contributed by atoms with Crippen LogP contribution in [0.5, 0.6) is 0 Å². The predicted octanol–water partition coefficient (Wildman–Crippen LogP) is 3.70. The minimum absolute atomic E-state index is 0.0226. The van der Waals surface area contributed by atoms with Gasteiger partial charge < -0.3 is 4.90 Å². The van der Waals surface area contributed by atoms with Crippen molar-refractivity contribution in [2.75, 3.05) is 11.3 Å². The van der Waals surface area contributed by atoms with Gasteiger partial charge in [-0.3, -0.25) is 9.52 Å². The Morgan fingerprint density at radius 1 is 1.08 bits per heavy atom. The summed E-state index contributed by atoms with van der Waals surface area (Å²) in [5, 5.41) is 0.681. The van der Waals surface area contributed by atoms with E-state index in [0.29, 0.717) is 35.2 Å². The first kappa shape index (κ1) is 18.0. The molecule has 1 amide bonds. The molecule has 0 aromatic heterocycles. The quantitative estimate of drug-likeness (QED) is 0.856. The molecule has 0 atom stereocenters. The molecule has 0 spiro atoms. The van der Waals surface area contributed by atoms with Gasteiger partial charge in [0.2, 0.25) is 5.91 Å². The summed E-state index contributed by atoms with van der Waals surface area (Å²) >= 11 is 11.8. The molecule has 2 aromatic rings. The van der Waals surface area contributed by atoms with Gasteiger partial charge in [-0.15, -0.1) is 0 Å². The highest BCUT2D eigenvalue weighted by molar-refractivity contribution is 7.92. The molecule has 0 unspecified atom stereocenters. The maximum absolute atomic E-state index is 12.6. The van der Waals surface area contributed by atoms with Crippen LogP contribution in [0.1, 0.15) is 18.1 Å². The van der Waals surface area contributed by atoms with Crippen molar-refractivity contribution in [2.45, 2.75) is 24.8 Å². The lowest BCUT2D eigenvalue weighted by atomic mass is 10.00. The molecule has 8 heteroatoms. The minimum atomic E-state index is -3.79. The molecule has 0 bridgehead atoms. The Morgan fingerprint density at radius 3 is 2.40 bits per heavy atom. The zero-order valence-corrected chi connectivity index (χ0v) is 15.7. The van der Waals surface area contributed by atoms with Crippen molar-refractivity contribution in [2.24, 2.45) is 0 Å². The molecule has 0 radical (unpaired) electrons. The first-order valence-electron chi connectivity index (χ1n) is 7.61. The van der Waals surface area contributed by atoms with Gasteiger partial charge in [0.25, 0.3) is 10.0 Å². The molecule has 3 rings (SSSR count). The summed E-state index contributed by atoms with van der Waals surface area (Å²) in [6.45, 7) is 2.57. The first-order valence-corrected chi connectivity index (χ1v) is 9.85. The number of carbonyl (C=O) groups excluding carboxylic acids is 1. The van der Waals surface area contributed by atoms with Gasteiger partial charge in [-0.1, -0.05) is 29.3 Å². The number of sulfonamides is 1. The highest BCUT2D eigenvalue weighted by Gasteiger charge is 2.22. The summed E-state index contributed by atoms with van der Waals surface area (Å²) in [6, 6.07) is 9.47. The third-order valence-electron chi connectivity index (χ3n) is 4.06. The third kappa shape index (κ3) is 4.08. The maximum Gasteiger partial charge on any atom is 0.261 e. The average molecular weight is 399 g/mol. The fourth-order valence-corrected chi connectivity index (χ4v) is 4.41. The van der Waals surface area contributed by atoms with Crippen molar-refractivity contribution in [3.8, 4) is 0 Å². The Bertz CT molecular complexity index is 925. The zero-order chi connectivity index (χ0) is 18.2. The van der Waals surface area contributed by atoms with E-state index < -0.39 is 10.0 Å². The first-order chi connectivity index (χ1) is 11.7. The SMILES string of the molecule is CC(=O)N1CCc2ccc(S(=O)(=O)Nc3cc(Cl)cc(Cl)c3)cc2C1. The number of rotatable bonds is 3. The van der Waals surface area contributed by atoms with Crippen molar-refractivity contribution < 1.29 is 13.2 Å². The van der Waals surface area contributed by atoms with E-state index in [0.717, 1.165) is 11.1 Å². The molecule has 1 N–H and O–H groups in total. The summed E-state index contributed by atoms with van der Waals surface area (Å²) in [7, 11) is -3.79. The van der Waals surface area contributed by atoms with Crippen molar-refractivity contribution in [3.63, 3.8) is 0 Å². The predicted molar refractivity (Wildman–Crippen MR) is 98.5 cm³/mol. The zero-order valence-electron chi connectivity index (χ0n) is 13.4. The van der Waals surface area contributed by atoms with E-state index in [1.54, 1.807) is 23.1 Å². The summed E-state index contributed by atoms with van der Waals surface area (Å²) in [5.41, 5.74) is 2.19. The van der Waals surface area contributed by atoms with Gasteiger partial charge in [-0.05, 0) is 47.9 Å². The number of nitrogens with zero attached hydrogens (tertiary/aromatic N) is 1. The van der Waals surface area contributed by atoms with Gasteiger partial charge in [0, 0.05) is 30.1 Å². The van der Waals surface area contributed by atoms with Crippen LogP contribution in [-0.2, 0) is 27.8 Å². The minimum Gasteiger partial charge on any atom is -0.338 e. The van der Waals surface area contributed by atoms with Crippen molar-refractivity contribution >= 4 is 44.8 Å². The van der Waals surface area contributed by atoms with Crippen LogP contribution in [0.15, 0.2) is 41.3 Å². The van der Waals surface area contributed by atoms with Crippen LogP contribution >= 0.6 is 23.2 Å². The van der Waals surface area contributed by atoms with Gasteiger partial charge >= 0.3 is 0 Å². The van der Waals surface area contributed by atoms with Gasteiger partial charge in [0.15, 0.2) is 0 Å².